The summed E-state index contributed by atoms with van der Waals surface area (Å²) in [7, 11) is 3.82. The molecule has 0 saturated heterocycles. The fraction of sp³-hybridized carbons (Fsp3) is 0.826. The number of carbonyl (C=O) groups is 2. The molecule has 0 aromatic rings. The van der Waals surface area contributed by atoms with E-state index >= 15 is 0 Å². The summed E-state index contributed by atoms with van der Waals surface area (Å²) in [6, 6.07) is 0. The number of ketones is 1. The molecular weight excluding hydrogens is 374 g/mol. The Morgan fingerprint density at radius 3 is 2.57 bits per heavy atom. The van der Waals surface area contributed by atoms with Crippen LogP contribution < -0.4 is 0 Å². The van der Waals surface area contributed by atoms with Gasteiger partial charge in [0.2, 0.25) is 0 Å². The highest BCUT2D eigenvalue weighted by Crippen LogP contribution is 2.65. The molecule has 158 valence electrons. The molecule has 3 fully saturated rings. The monoisotopic (exact) mass is 409 g/mol. The zero-order chi connectivity index (χ0) is 19.4. The minimum absolute atomic E-state index is 0. The fourth-order valence-corrected chi connectivity index (χ4v) is 7.16. The molecule has 0 bridgehead atoms. The van der Waals surface area contributed by atoms with Crippen LogP contribution in [0.25, 0.3) is 0 Å². The fourth-order valence-electron chi connectivity index (χ4n) is 7.16. The number of hydrogen-bond donors (Lipinski definition) is 0. The molecule has 0 spiro atoms. The summed E-state index contributed by atoms with van der Waals surface area (Å²) in [6.45, 7) is 5.17. The molecule has 0 heterocycles. The van der Waals surface area contributed by atoms with Gasteiger partial charge in [-0.2, -0.15) is 0 Å². The van der Waals surface area contributed by atoms with Crippen molar-refractivity contribution in [1.29, 1.82) is 0 Å². The Bertz CT molecular complexity index is 675. The second-order valence-corrected chi connectivity index (χ2v) is 10.3. The third kappa shape index (κ3) is 3.45. The van der Waals surface area contributed by atoms with Gasteiger partial charge in [0, 0.05) is 11.8 Å². The number of allylic oxidation sites excluding steroid dienone is 1. The van der Waals surface area contributed by atoms with Crippen molar-refractivity contribution in [2.45, 2.75) is 71.3 Å². The van der Waals surface area contributed by atoms with Gasteiger partial charge in [0.05, 0.1) is 6.54 Å². The molecule has 0 aromatic heterocycles. The Morgan fingerprint density at radius 2 is 1.86 bits per heavy atom. The number of hydrogen-bond acceptors (Lipinski definition) is 4. The molecule has 0 aliphatic heterocycles. The van der Waals surface area contributed by atoms with E-state index in [9.17, 15) is 9.59 Å². The molecule has 0 radical (unpaired) electrons. The normalized spacial score (nSPS) is 42.0. The zero-order valence-electron chi connectivity index (χ0n) is 17.8. The van der Waals surface area contributed by atoms with Crippen LogP contribution in [-0.4, -0.2) is 43.4 Å². The number of halogens is 1. The molecular formula is C23H36ClNO3. The highest BCUT2D eigenvalue weighted by molar-refractivity contribution is 5.91. The van der Waals surface area contributed by atoms with E-state index in [0.717, 1.165) is 38.0 Å². The number of carbonyl (C=O) groups excluding carboxylic acids is 2. The third-order valence-corrected chi connectivity index (χ3v) is 8.59. The molecule has 4 nitrogen and oxygen atoms in total. The maximum atomic E-state index is 12.3. The van der Waals surface area contributed by atoms with Gasteiger partial charge in [0.15, 0.2) is 5.78 Å². The summed E-state index contributed by atoms with van der Waals surface area (Å²) in [4.78, 5) is 26.1. The van der Waals surface area contributed by atoms with Gasteiger partial charge < -0.3 is 4.74 Å². The summed E-state index contributed by atoms with van der Waals surface area (Å²) < 4.78 is 5.98. The highest BCUT2D eigenvalue weighted by atomic mass is 35.5. The van der Waals surface area contributed by atoms with E-state index in [-0.39, 0.29) is 35.3 Å². The molecule has 3 saturated carbocycles. The van der Waals surface area contributed by atoms with E-state index in [1.165, 1.54) is 24.8 Å². The Labute approximate surface area is 175 Å². The first-order valence-electron chi connectivity index (χ1n) is 10.8. The van der Waals surface area contributed by atoms with Gasteiger partial charge in [-0.05, 0) is 88.3 Å². The minimum atomic E-state index is -0.0828. The third-order valence-electron chi connectivity index (χ3n) is 8.59. The van der Waals surface area contributed by atoms with E-state index in [2.05, 4.69) is 13.8 Å². The molecule has 0 aromatic carbocycles. The van der Waals surface area contributed by atoms with Crippen LogP contribution >= 0.6 is 12.4 Å². The van der Waals surface area contributed by atoms with Crippen LogP contribution in [-0.2, 0) is 14.3 Å². The molecule has 28 heavy (non-hydrogen) atoms. The number of nitrogens with zero attached hydrogens (tertiary/aromatic N) is 1. The lowest BCUT2D eigenvalue weighted by atomic mass is 9.47. The van der Waals surface area contributed by atoms with Crippen molar-refractivity contribution >= 4 is 24.2 Å². The summed E-state index contributed by atoms with van der Waals surface area (Å²) in [5.41, 5.74) is 1.78. The summed E-state index contributed by atoms with van der Waals surface area (Å²) >= 11 is 0. The molecule has 4 aliphatic carbocycles. The van der Waals surface area contributed by atoms with Crippen molar-refractivity contribution in [2.24, 2.45) is 28.6 Å². The van der Waals surface area contributed by atoms with Crippen LogP contribution in [0.5, 0.6) is 0 Å². The van der Waals surface area contributed by atoms with Crippen molar-refractivity contribution in [3.63, 3.8) is 0 Å². The number of rotatable bonds is 3. The average molecular weight is 410 g/mol. The number of likely N-dealkylation sites (N-methyl/N-ethyl adjacent to an activating group) is 1. The van der Waals surface area contributed by atoms with E-state index < -0.39 is 0 Å². The topological polar surface area (TPSA) is 46.6 Å². The van der Waals surface area contributed by atoms with Gasteiger partial charge in [-0.3, -0.25) is 14.5 Å². The van der Waals surface area contributed by atoms with Crippen LogP contribution in [0.4, 0.5) is 0 Å². The largest absolute Gasteiger partial charge is 0.461 e. The quantitative estimate of drug-likeness (QED) is 0.647. The van der Waals surface area contributed by atoms with Crippen molar-refractivity contribution in [2.75, 3.05) is 20.6 Å². The lowest BCUT2D eigenvalue weighted by molar-refractivity contribution is -0.160. The van der Waals surface area contributed by atoms with Gasteiger partial charge in [0.25, 0.3) is 0 Å². The van der Waals surface area contributed by atoms with Crippen molar-refractivity contribution in [1.82, 2.24) is 4.90 Å². The van der Waals surface area contributed by atoms with E-state index in [0.29, 0.717) is 24.2 Å². The van der Waals surface area contributed by atoms with E-state index in [4.69, 9.17) is 4.74 Å². The summed E-state index contributed by atoms with van der Waals surface area (Å²) in [5.74, 6) is 2.32. The maximum Gasteiger partial charge on any atom is 0.320 e. The molecule has 0 N–H and O–H groups in total. The van der Waals surface area contributed by atoms with Gasteiger partial charge in [-0.15, -0.1) is 12.4 Å². The predicted molar refractivity (Wildman–Crippen MR) is 112 cm³/mol. The van der Waals surface area contributed by atoms with Gasteiger partial charge >= 0.3 is 5.97 Å². The Hall–Kier alpha value is -0.870. The zero-order valence-corrected chi connectivity index (χ0v) is 18.6. The van der Waals surface area contributed by atoms with Crippen LogP contribution in [0.3, 0.4) is 0 Å². The van der Waals surface area contributed by atoms with Gasteiger partial charge in [-0.25, -0.2) is 0 Å². The van der Waals surface area contributed by atoms with Gasteiger partial charge in [-0.1, -0.05) is 19.4 Å². The number of ether oxygens (including phenoxy) is 1. The van der Waals surface area contributed by atoms with Crippen molar-refractivity contribution in [3.05, 3.63) is 11.6 Å². The molecule has 0 amide bonds. The first-order valence-corrected chi connectivity index (χ1v) is 10.8. The van der Waals surface area contributed by atoms with E-state index in [1.54, 1.807) is 0 Å². The van der Waals surface area contributed by atoms with Crippen LogP contribution in [0.1, 0.15) is 65.2 Å². The van der Waals surface area contributed by atoms with Crippen molar-refractivity contribution < 1.29 is 14.3 Å². The smallest absolute Gasteiger partial charge is 0.320 e. The van der Waals surface area contributed by atoms with Crippen molar-refractivity contribution in [3.8, 4) is 0 Å². The summed E-state index contributed by atoms with van der Waals surface area (Å²) in [6.07, 6.45) is 10.7. The predicted octanol–water partition coefficient (Wildman–Crippen LogP) is 4.41. The average Bonchev–Trinajstić information content (AvgIpc) is 2.91. The number of esters is 1. The van der Waals surface area contributed by atoms with E-state index in [1.807, 2.05) is 25.1 Å². The first-order chi connectivity index (χ1) is 12.7. The second-order valence-electron chi connectivity index (χ2n) is 10.3. The SMILES string of the molecule is CN(C)CC(=O)O[C@H]1CC[C@H]2[C@@H]3CCC4=CC(=O)CC[C@]4(C)[C@H]3CC[C@]12C.Cl. The second kappa shape index (κ2) is 7.75. The Balaban J connectivity index is 0.00000225. The molecule has 0 unspecified atom stereocenters. The summed E-state index contributed by atoms with van der Waals surface area (Å²) in [5, 5.41) is 0. The maximum absolute atomic E-state index is 12.3. The minimum Gasteiger partial charge on any atom is -0.461 e. The molecule has 5 heteroatoms. The van der Waals surface area contributed by atoms with Gasteiger partial charge in [0.1, 0.15) is 6.10 Å². The molecule has 4 rings (SSSR count). The van der Waals surface area contributed by atoms with Crippen LogP contribution in [0, 0.1) is 28.6 Å². The molecule has 6 atom stereocenters. The lowest BCUT2D eigenvalue weighted by Crippen LogP contribution is -2.51. The first kappa shape index (κ1) is 21.8. The van der Waals surface area contributed by atoms with Crippen LogP contribution in [0.15, 0.2) is 11.6 Å². The Kier molecular flexibility index (Phi) is 6.05. The lowest BCUT2D eigenvalue weighted by Gasteiger charge is -2.57. The standard InChI is InChI=1S/C23H35NO3.ClH/c1-22-11-9-16(25)13-15(22)5-6-17-18-7-8-20(27-21(26)14-24(3)4)23(18,2)12-10-19(17)22;/h13,17-20H,5-12,14H2,1-4H3;1H/t17-,18-,19-,20-,22-,23-;/m0./s1. The van der Waals surface area contributed by atoms with Crippen LogP contribution in [0.2, 0.25) is 0 Å². The molecule has 4 aliphatic rings. The number of fused-ring (bicyclic) bond motifs is 5. The highest BCUT2D eigenvalue weighted by Gasteiger charge is 2.59. The Morgan fingerprint density at radius 1 is 1.11 bits per heavy atom.